The first-order valence-electron chi connectivity index (χ1n) is 5.24. The first-order valence-corrected chi connectivity index (χ1v) is 6.03. The predicted octanol–water partition coefficient (Wildman–Crippen LogP) is 1.92. The maximum Gasteiger partial charge on any atom is 0.252 e. The van der Waals surface area contributed by atoms with E-state index in [1.54, 1.807) is 25.3 Å². The van der Waals surface area contributed by atoms with Crippen LogP contribution >= 0.6 is 15.9 Å². The predicted molar refractivity (Wildman–Crippen MR) is 71.3 cm³/mol. The van der Waals surface area contributed by atoms with Gasteiger partial charge in [0.15, 0.2) is 0 Å². The highest BCUT2D eigenvalue weighted by Gasteiger charge is 2.15. The van der Waals surface area contributed by atoms with Crippen molar-refractivity contribution >= 4 is 21.8 Å². The van der Waals surface area contributed by atoms with Crippen molar-refractivity contribution in [1.82, 2.24) is 5.32 Å². The minimum Gasteiger partial charge on any atom is -0.497 e. The summed E-state index contributed by atoms with van der Waals surface area (Å²) in [6.45, 7) is 4.12. The van der Waals surface area contributed by atoms with Gasteiger partial charge in [-0.1, -0.05) is 0 Å². The molecule has 17 heavy (non-hydrogen) atoms. The zero-order chi connectivity index (χ0) is 13.1. The second-order valence-corrected chi connectivity index (χ2v) is 5.37. The Balaban J connectivity index is 2.81. The standard InChI is InChI=1S/C12H17BrN2O2/c1-12(2,14)7-15-11(16)9-6-8(17-3)4-5-10(9)13/h4-6H,7,14H2,1-3H3,(H,15,16). The lowest BCUT2D eigenvalue weighted by molar-refractivity contribution is 0.0945. The topological polar surface area (TPSA) is 64.3 Å². The highest BCUT2D eigenvalue weighted by molar-refractivity contribution is 9.10. The molecule has 0 aromatic heterocycles. The molecule has 1 rings (SSSR count). The molecule has 3 N–H and O–H groups in total. The average molecular weight is 301 g/mol. The van der Waals surface area contributed by atoms with Crippen LogP contribution in [-0.4, -0.2) is 25.1 Å². The summed E-state index contributed by atoms with van der Waals surface area (Å²) in [6, 6.07) is 5.25. The fourth-order valence-corrected chi connectivity index (χ4v) is 1.64. The Morgan fingerprint density at radius 3 is 2.71 bits per heavy atom. The molecule has 5 heteroatoms. The third-order valence-electron chi connectivity index (χ3n) is 2.12. The molecule has 0 heterocycles. The number of carbonyl (C=O) groups is 1. The lowest BCUT2D eigenvalue weighted by atomic mass is 10.1. The number of halogens is 1. The van der Waals surface area contributed by atoms with Gasteiger partial charge in [0.25, 0.3) is 5.91 Å². The number of nitrogens with one attached hydrogen (secondary N) is 1. The van der Waals surface area contributed by atoms with Crippen molar-refractivity contribution in [3.05, 3.63) is 28.2 Å². The summed E-state index contributed by atoms with van der Waals surface area (Å²) in [6.07, 6.45) is 0. The first kappa shape index (κ1) is 14.0. The molecule has 0 bridgehead atoms. The molecular formula is C12H17BrN2O2. The lowest BCUT2D eigenvalue weighted by Gasteiger charge is -2.19. The molecule has 0 saturated carbocycles. The molecule has 94 valence electrons. The van der Waals surface area contributed by atoms with Gasteiger partial charge in [0, 0.05) is 16.6 Å². The number of carbonyl (C=O) groups excluding carboxylic acids is 1. The lowest BCUT2D eigenvalue weighted by Crippen LogP contribution is -2.45. The Hall–Kier alpha value is -1.07. The van der Waals surface area contributed by atoms with E-state index in [1.807, 2.05) is 13.8 Å². The van der Waals surface area contributed by atoms with E-state index >= 15 is 0 Å². The molecule has 0 saturated heterocycles. The maximum atomic E-state index is 11.9. The van der Waals surface area contributed by atoms with Crippen molar-refractivity contribution in [3.8, 4) is 5.75 Å². The first-order chi connectivity index (χ1) is 7.83. The number of hydrogen-bond acceptors (Lipinski definition) is 3. The van der Waals surface area contributed by atoms with Gasteiger partial charge in [0.2, 0.25) is 0 Å². The van der Waals surface area contributed by atoms with Crippen LogP contribution in [0.25, 0.3) is 0 Å². The Labute approximate surface area is 110 Å². The summed E-state index contributed by atoms with van der Waals surface area (Å²) >= 11 is 3.33. The molecule has 0 atom stereocenters. The maximum absolute atomic E-state index is 11.9. The van der Waals surface area contributed by atoms with E-state index in [9.17, 15) is 4.79 Å². The molecular weight excluding hydrogens is 284 g/mol. The molecule has 1 aromatic rings. The van der Waals surface area contributed by atoms with Crippen LogP contribution in [0.5, 0.6) is 5.75 Å². The van der Waals surface area contributed by atoms with E-state index in [0.717, 1.165) is 4.47 Å². The van der Waals surface area contributed by atoms with Gasteiger partial charge in [0.05, 0.1) is 12.7 Å². The Morgan fingerprint density at radius 2 is 2.18 bits per heavy atom. The van der Waals surface area contributed by atoms with Crippen molar-refractivity contribution in [3.63, 3.8) is 0 Å². The summed E-state index contributed by atoms with van der Waals surface area (Å²) in [7, 11) is 1.56. The number of rotatable bonds is 4. The normalized spacial score (nSPS) is 11.1. The van der Waals surface area contributed by atoms with E-state index in [1.165, 1.54) is 0 Å². The molecule has 4 nitrogen and oxygen atoms in total. The van der Waals surface area contributed by atoms with Crippen LogP contribution in [0.2, 0.25) is 0 Å². The SMILES string of the molecule is COc1ccc(Br)c(C(=O)NCC(C)(C)N)c1. The van der Waals surface area contributed by atoms with Crippen LogP contribution in [0.1, 0.15) is 24.2 Å². The van der Waals surface area contributed by atoms with E-state index in [2.05, 4.69) is 21.2 Å². The Bertz CT molecular complexity index is 413. The molecule has 0 aliphatic rings. The summed E-state index contributed by atoms with van der Waals surface area (Å²) in [5, 5.41) is 2.78. The van der Waals surface area contributed by atoms with Crippen LogP contribution < -0.4 is 15.8 Å². The van der Waals surface area contributed by atoms with Crippen LogP contribution in [0.15, 0.2) is 22.7 Å². The molecule has 1 amide bonds. The van der Waals surface area contributed by atoms with Crippen LogP contribution in [0, 0.1) is 0 Å². The zero-order valence-corrected chi connectivity index (χ0v) is 11.8. The van der Waals surface area contributed by atoms with Gasteiger partial charge < -0.3 is 15.8 Å². The highest BCUT2D eigenvalue weighted by atomic mass is 79.9. The van der Waals surface area contributed by atoms with Crippen LogP contribution in [0.4, 0.5) is 0 Å². The van der Waals surface area contributed by atoms with Crippen molar-refractivity contribution in [2.24, 2.45) is 5.73 Å². The van der Waals surface area contributed by atoms with E-state index < -0.39 is 5.54 Å². The molecule has 0 radical (unpaired) electrons. The Kier molecular flexibility index (Phi) is 4.54. The molecule has 0 aliphatic heterocycles. The summed E-state index contributed by atoms with van der Waals surface area (Å²) in [5.41, 5.74) is 5.91. The number of amides is 1. The van der Waals surface area contributed by atoms with E-state index in [4.69, 9.17) is 10.5 Å². The molecule has 0 spiro atoms. The van der Waals surface area contributed by atoms with Crippen molar-refractivity contribution in [2.45, 2.75) is 19.4 Å². The monoisotopic (exact) mass is 300 g/mol. The smallest absolute Gasteiger partial charge is 0.252 e. The summed E-state index contributed by atoms with van der Waals surface area (Å²) in [5.74, 6) is 0.472. The number of ether oxygens (including phenoxy) is 1. The van der Waals surface area contributed by atoms with E-state index in [-0.39, 0.29) is 5.91 Å². The second kappa shape index (κ2) is 5.51. The molecule has 0 unspecified atom stereocenters. The Morgan fingerprint density at radius 1 is 1.53 bits per heavy atom. The summed E-state index contributed by atoms with van der Waals surface area (Å²) in [4.78, 5) is 11.9. The third-order valence-corrected chi connectivity index (χ3v) is 2.81. The van der Waals surface area contributed by atoms with Gasteiger partial charge in [-0.05, 0) is 48.0 Å². The van der Waals surface area contributed by atoms with Gasteiger partial charge in [-0.3, -0.25) is 4.79 Å². The number of methoxy groups -OCH3 is 1. The van der Waals surface area contributed by atoms with Crippen molar-refractivity contribution in [1.29, 1.82) is 0 Å². The minimum atomic E-state index is -0.430. The van der Waals surface area contributed by atoms with Gasteiger partial charge in [-0.15, -0.1) is 0 Å². The van der Waals surface area contributed by atoms with Crippen molar-refractivity contribution in [2.75, 3.05) is 13.7 Å². The summed E-state index contributed by atoms with van der Waals surface area (Å²) < 4.78 is 5.81. The van der Waals surface area contributed by atoms with Gasteiger partial charge in [-0.25, -0.2) is 0 Å². The van der Waals surface area contributed by atoms with Crippen LogP contribution in [0.3, 0.4) is 0 Å². The van der Waals surface area contributed by atoms with Crippen molar-refractivity contribution < 1.29 is 9.53 Å². The van der Waals surface area contributed by atoms with Gasteiger partial charge in [0.1, 0.15) is 5.75 Å². The third kappa shape index (κ3) is 4.36. The number of benzene rings is 1. The molecule has 1 aromatic carbocycles. The number of hydrogen-bond donors (Lipinski definition) is 2. The van der Waals surface area contributed by atoms with Gasteiger partial charge in [-0.2, -0.15) is 0 Å². The largest absolute Gasteiger partial charge is 0.497 e. The highest BCUT2D eigenvalue weighted by Crippen LogP contribution is 2.22. The van der Waals surface area contributed by atoms with Crippen LogP contribution in [-0.2, 0) is 0 Å². The zero-order valence-electron chi connectivity index (χ0n) is 10.2. The average Bonchev–Trinajstić information content (AvgIpc) is 2.25. The number of nitrogens with two attached hydrogens (primary N) is 1. The quantitative estimate of drug-likeness (QED) is 0.893. The molecule has 0 fully saturated rings. The second-order valence-electron chi connectivity index (χ2n) is 4.52. The van der Waals surface area contributed by atoms with Gasteiger partial charge >= 0.3 is 0 Å². The molecule has 0 aliphatic carbocycles. The minimum absolute atomic E-state index is 0.172. The fourth-order valence-electron chi connectivity index (χ4n) is 1.21. The fraction of sp³-hybridized carbons (Fsp3) is 0.417. The van der Waals surface area contributed by atoms with E-state index in [0.29, 0.717) is 17.9 Å².